The van der Waals surface area contributed by atoms with Crippen LogP contribution in [0.4, 0.5) is 0 Å². The average Bonchev–Trinajstić information content (AvgIpc) is 2.68. The maximum atomic E-state index is 5.99. The second kappa shape index (κ2) is 6.91. The summed E-state index contributed by atoms with van der Waals surface area (Å²) in [4.78, 5) is 3.93. The molecule has 2 N–H and O–H groups in total. The average molecular weight is 302 g/mol. The van der Waals surface area contributed by atoms with Crippen molar-refractivity contribution < 1.29 is 0 Å². The van der Waals surface area contributed by atoms with E-state index in [0.717, 1.165) is 12.6 Å². The fourth-order valence-electron chi connectivity index (χ4n) is 3.56. The van der Waals surface area contributed by atoms with E-state index in [1.165, 1.54) is 59.1 Å². The lowest BCUT2D eigenvalue weighted by Crippen LogP contribution is -2.31. The Balaban J connectivity index is 1.82. The highest BCUT2D eigenvalue weighted by Crippen LogP contribution is 2.33. The second-order valence-electron chi connectivity index (χ2n) is 6.26. The van der Waals surface area contributed by atoms with Crippen LogP contribution in [0.15, 0.2) is 24.3 Å². The van der Waals surface area contributed by atoms with Crippen LogP contribution < -0.4 is 5.73 Å². The van der Waals surface area contributed by atoms with E-state index < -0.39 is 0 Å². The maximum absolute atomic E-state index is 5.99. The number of hydrogen-bond donors (Lipinski definition) is 1. The van der Waals surface area contributed by atoms with Crippen LogP contribution in [0.5, 0.6) is 0 Å². The molecule has 1 heterocycles. The van der Waals surface area contributed by atoms with E-state index >= 15 is 0 Å². The van der Waals surface area contributed by atoms with E-state index in [2.05, 4.69) is 36.2 Å². The lowest BCUT2D eigenvalue weighted by atomic mass is 10.1. The normalized spacial score (nSPS) is 17.5. The molecule has 0 saturated heterocycles. The van der Waals surface area contributed by atoms with Crippen molar-refractivity contribution in [2.45, 2.75) is 57.7 Å². The van der Waals surface area contributed by atoms with Crippen LogP contribution in [0.1, 0.15) is 49.0 Å². The molecule has 1 fully saturated rings. The Kier molecular flexibility index (Phi) is 4.94. The van der Waals surface area contributed by atoms with Crippen LogP contribution in [0.25, 0.3) is 10.1 Å². The van der Waals surface area contributed by atoms with Crippen molar-refractivity contribution in [2.24, 2.45) is 5.73 Å². The van der Waals surface area contributed by atoms with Gasteiger partial charge in [0.05, 0.1) is 0 Å². The van der Waals surface area contributed by atoms with E-state index in [1.807, 2.05) is 11.3 Å². The summed E-state index contributed by atoms with van der Waals surface area (Å²) in [6, 6.07) is 9.48. The van der Waals surface area contributed by atoms with Crippen molar-refractivity contribution >= 4 is 21.4 Å². The van der Waals surface area contributed by atoms with Gasteiger partial charge in [-0.3, -0.25) is 4.90 Å². The summed E-state index contributed by atoms with van der Waals surface area (Å²) < 4.78 is 1.38. The molecule has 21 heavy (non-hydrogen) atoms. The van der Waals surface area contributed by atoms with E-state index in [0.29, 0.717) is 6.54 Å². The van der Waals surface area contributed by atoms with Crippen molar-refractivity contribution in [3.05, 3.63) is 34.7 Å². The molecule has 1 aliphatic carbocycles. The Morgan fingerprint density at radius 1 is 1.14 bits per heavy atom. The number of hydrogen-bond acceptors (Lipinski definition) is 3. The van der Waals surface area contributed by atoms with Crippen molar-refractivity contribution in [3.63, 3.8) is 0 Å². The molecule has 1 aromatic carbocycles. The zero-order chi connectivity index (χ0) is 14.7. The Morgan fingerprint density at radius 2 is 1.86 bits per heavy atom. The monoisotopic (exact) mass is 302 g/mol. The molecule has 1 aromatic heterocycles. The SMILES string of the molecule is CN(Cc1c(CN)sc2ccccc12)C1CCCCCC1. The van der Waals surface area contributed by atoms with Crippen LogP contribution in [0.2, 0.25) is 0 Å². The molecule has 3 rings (SSSR count). The Labute approximate surface area is 131 Å². The minimum absolute atomic E-state index is 0.660. The Hall–Kier alpha value is -0.900. The van der Waals surface area contributed by atoms with Crippen LogP contribution in [-0.4, -0.2) is 18.0 Å². The topological polar surface area (TPSA) is 29.3 Å². The van der Waals surface area contributed by atoms with E-state index in [1.54, 1.807) is 0 Å². The number of fused-ring (bicyclic) bond motifs is 1. The first-order valence-corrected chi connectivity index (χ1v) is 9.01. The fourth-order valence-corrected chi connectivity index (χ4v) is 4.66. The highest BCUT2D eigenvalue weighted by molar-refractivity contribution is 7.19. The summed E-state index contributed by atoms with van der Waals surface area (Å²) in [6.45, 7) is 1.70. The highest BCUT2D eigenvalue weighted by atomic mass is 32.1. The molecule has 2 aromatic rings. The van der Waals surface area contributed by atoms with Crippen molar-refractivity contribution in [1.82, 2.24) is 4.90 Å². The van der Waals surface area contributed by atoms with E-state index in [-0.39, 0.29) is 0 Å². The third-order valence-corrected chi connectivity index (χ3v) is 6.06. The largest absolute Gasteiger partial charge is 0.326 e. The molecule has 0 radical (unpaired) electrons. The minimum atomic E-state index is 0.660. The number of thiophene rings is 1. The number of benzene rings is 1. The Bertz CT molecular complexity index is 582. The molecule has 2 nitrogen and oxygen atoms in total. The molecule has 1 aliphatic rings. The van der Waals surface area contributed by atoms with Gasteiger partial charge < -0.3 is 5.73 Å². The van der Waals surface area contributed by atoms with Crippen LogP contribution in [0, 0.1) is 0 Å². The van der Waals surface area contributed by atoms with Gasteiger partial charge in [-0.2, -0.15) is 0 Å². The number of nitrogens with two attached hydrogens (primary N) is 1. The predicted octanol–water partition coefficient (Wildman–Crippen LogP) is 4.51. The van der Waals surface area contributed by atoms with Crippen molar-refractivity contribution in [3.8, 4) is 0 Å². The van der Waals surface area contributed by atoms with Crippen LogP contribution >= 0.6 is 11.3 Å². The lowest BCUT2D eigenvalue weighted by Gasteiger charge is -2.27. The first-order valence-electron chi connectivity index (χ1n) is 8.19. The van der Waals surface area contributed by atoms with Crippen molar-refractivity contribution in [2.75, 3.05) is 7.05 Å². The van der Waals surface area contributed by atoms with Gasteiger partial charge in [0.1, 0.15) is 0 Å². The quantitative estimate of drug-likeness (QED) is 0.842. The van der Waals surface area contributed by atoms with E-state index in [9.17, 15) is 0 Å². The first-order chi connectivity index (χ1) is 10.3. The lowest BCUT2D eigenvalue weighted by molar-refractivity contribution is 0.213. The van der Waals surface area contributed by atoms with Crippen molar-refractivity contribution in [1.29, 1.82) is 0 Å². The van der Waals surface area contributed by atoms with E-state index in [4.69, 9.17) is 5.73 Å². The summed E-state index contributed by atoms with van der Waals surface area (Å²) in [5.41, 5.74) is 7.45. The molecule has 114 valence electrons. The first kappa shape index (κ1) is 15.0. The zero-order valence-corrected chi connectivity index (χ0v) is 13.8. The summed E-state index contributed by atoms with van der Waals surface area (Å²) in [7, 11) is 2.29. The molecular formula is C18H26N2S. The molecule has 0 spiro atoms. The molecule has 0 amide bonds. The van der Waals surface area contributed by atoms with Gasteiger partial charge in [-0.05, 0) is 36.9 Å². The maximum Gasteiger partial charge on any atom is 0.0349 e. The minimum Gasteiger partial charge on any atom is -0.326 e. The molecule has 0 aliphatic heterocycles. The van der Waals surface area contributed by atoms with Gasteiger partial charge in [0.15, 0.2) is 0 Å². The third kappa shape index (κ3) is 3.31. The van der Waals surface area contributed by atoms with Gasteiger partial charge in [-0.1, -0.05) is 43.9 Å². The van der Waals surface area contributed by atoms with Gasteiger partial charge in [0.2, 0.25) is 0 Å². The summed E-state index contributed by atoms with van der Waals surface area (Å²) in [5, 5.41) is 1.41. The second-order valence-corrected chi connectivity index (χ2v) is 7.40. The molecule has 3 heteroatoms. The predicted molar refractivity (Wildman–Crippen MR) is 92.7 cm³/mol. The highest BCUT2D eigenvalue weighted by Gasteiger charge is 2.19. The standard InChI is InChI=1S/C18H26N2S/c1-20(14-8-4-2-3-5-9-14)13-16-15-10-6-7-11-17(15)21-18(16)12-19/h6-7,10-11,14H,2-5,8-9,12-13,19H2,1H3. The number of nitrogens with zero attached hydrogens (tertiary/aromatic N) is 1. The molecular weight excluding hydrogens is 276 g/mol. The number of rotatable bonds is 4. The fraction of sp³-hybridized carbons (Fsp3) is 0.556. The zero-order valence-electron chi connectivity index (χ0n) is 13.0. The van der Waals surface area contributed by atoms with Gasteiger partial charge >= 0.3 is 0 Å². The van der Waals surface area contributed by atoms with Gasteiger partial charge in [-0.25, -0.2) is 0 Å². The Morgan fingerprint density at radius 3 is 2.57 bits per heavy atom. The van der Waals surface area contributed by atoms with Crippen LogP contribution in [0.3, 0.4) is 0 Å². The molecule has 0 unspecified atom stereocenters. The smallest absolute Gasteiger partial charge is 0.0349 e. The van der Waals surface area contributed by atoms with Gasteiger partial charge in [-0.15, -0.1) is 11.3 Å². The van der Waals surface area contributed by atoms with Gasteiger partial charge in [0.25, 0.3) is 0 Å². The summed E-state index contributed by atoms with van der Waals surface area (Å²) in [5.74, 6) is 0. The van der Waals surface area contributed by atoms with Crippen LogP contribution in [-0.2, 0) is 13.1 Å². The molecule has 1 saturated carbocycles. The van der Waals surface area contributed by atoms with Gasteiger partial charge in [0, 0.05) is 28.7 Å². The summed E-state index contributed by atoms with van der Waals surface area (Å²) in [6.07, 6.45) is 8.33. The summed E-state index contributed by atoms with van der Waals surface area (Å²) >= 11 is 1.86. The third-order valence-electron chi connectivity index (χ3n) is 4.82. The molecule has 0 bridgehead atoms. The molecule has 0 atom stereocenters.